The van der Waals surface area contributed by atoms with E-state index in [1.54, 1.807) is 24.3 Å². The zero-order chi connectivity index (χ0) is 16.4. The van der Waals surface area contributed by atoms with E-state index >= 15 is 0 Å². The molecule has 1 atom stereocenters. The van der Waals surface area contributed by atoms with Gasteiger partial charge in [-0.15, -0.1) is 0 Å². The molecule has 1 aliphatic heterocycles. The number of hydrogen-bond donors (Lipinski definition) is 2. The van der Waals surface area contributed by atoms with E-state index in [-0.39, 0.29) is 11.9 Å². The summed E-state index contributed by atoms with van der Waals surface area (Å²) in [4.78, 5) is 25.7. The molecule has 23 heavy (non-hydrogen) atoms. The summed E-state index contributed by atoms with van der Waals surface area (Å²) in [5.74, 6) is -0.557. The van der Waals surface area contributed by atoms with Gasteiger partial charge in [0.2, 0.25) is 11.8 Å². The van der Waals surface area contributed by atoms with Crippen LogP contribution < -0.4 is 16.0 Å². The second-order valence-electron chi connectivity index (χ2n) is 5.68. The molecule has 1 aliphatic rings. The van der Waals surface area contributed by atoms with Crippen LogP contribution in [-0.4, -0.2) is 24.4 Å². The molecule has 3 N–H and O–H groups in total. The van der Waals surface area contributed by atoms with Gasteiger partial charge in [-0.2, -0.15) is 0 Å². The molecule has 118 valence electrons. The molecular weight excluding hydrogens is 290 g/mol. The summed E-state index contributed by atoms with van der Waals surface area (Å²) in [6, 6.07) is 14.5. The lowest BCUT2D eigenvalue weighted by Crippen LogP contribution is -2.41. The van der Waals surface area contributed by atoms with E-state index in [0.717, 1.165) is 18.7 Å². The fraction of sp³-hybridized carbons (Fsp3) is 0.222. The van der Waals surface area contributed by atoms with Crippen LogP contribution in [0.3, 0.4) is 0 Å². The van der Waals surface area contributed by atoms with Gasteiger partial charge in [0.25, 0.3) is 0 Å². The lowest BCUT2D eigenvalue weighted by Gasteiger charge is -2.26. The first-order chi connectivity index (χ1) is 11.1. The first-order valence-electron chi connectivity index (χ1n) is 7.61. The number of nitrogens with two attached hydrogens (primary N) is 1. The van der Waals surface area contributed by atoms with Crippen molar-refractivity contribution in [2.45, 2.75) is 19.4 Å². The summed E-state index contributed by atoms with van der Waals surface area (Å²) >= 11 is 0. The highest BCUT2D eigenvalue weighted by Gasteiger charge is 2.27. The van der Waals surface area contributed by atoms with Crippen LogP contribution in [0, 0.1) is 0 Å². The number of carbonyl (C=O) groups excluding carboxylic acids is 2. The summed E-state index contributed by atoms with van der Waals surface area (Å²) in [7, 11) is 0. The minimum Gasteiger partial charge on any atom is -0.366 e. The van der Waals surface area contributed by atoms with Crippen molar-refractivity contribution in [1.82, 2.24) is 0 Å². The van der Waals surface area contributed by atoms with Crippen molar-refractivity contribution in [2.24, 2.45) is 5.73 Å². The number of nitrogens with one attached hydrogen (secondary N) is 1. The van der Waals surface area contributed by atoms with E-state index < -0.39 is 5.91 Å². The first kappa shape index (κ1) is 15.1. The fourth-order valence-electron chi connectivity index (χ4n) is 2.87. The van der Waals surface area contributed by atoms with Crippen LogP contribution in [0.2, 0.25) is 0 Å². The number of carbonyl (C=O) groups is 2. The molecule has 2 aromatic rings. The van der Waals surface area contributed by atoms with Crippen LogP contribution in [-0.2, 0) is 11.2 Å². The Hall–Kier alpha value is -2.82. The quantitative estimate of drug-likeness (QED) is 0.909. The molecule has 0 aromatic heterocycles. The van der Waals surface area contributed by atoms with Gasteiger partial charge in [0.15, 0.2) is 0 Å². The first-order valence-corrected chi connectivity index (χ1v) is 7.61. The highest BCUT2D eigenvalue weighted by atomic mass is 16.2. The Labute approximate surface area is 135 Å². The largest absolute Gasteiger partial charge is 0.366 e. The van der Waals surface area contributed by atoms with E-state index in [9.17, 15) is 9.59 Å². The van der Waals surface area contributed by atoms with Gasteiger partial charge in [-0.1, -0.05) is 18.2 Å². The molecule has 3 rings (SSSR count). The lowest BCUT2D eigenvalue weighted by molar-refractivity contribution is -0.117. The lowest BCUT2D eigenvalue weighted by atomic mass is 10.1. The average Bonchev–Trinajstić information content (AvgIpc) is 2.98. The summed E-state index contributed by atoms with van der Waals surface area (Å²) in [5, 5.41) is 2.88. The smallest absolute Gasteiger partial charge is 0.248 e. The van der Waals surface area contributed by atoms with Gasteiger partial charge >= 0.3 is 0 Å². The maximum absolute atomic E-state index is 12.5. The summed E-state index contributed by atoms with van der Waals surface area (Å²) < 4.78 is 0. The number of rotatable bonds is 4. The van der Waals surface area contributed by atoms with Crippen molar-refractivity contribution in [3.8, 4) is 0 Å². The Morgan fingerprint density at radius 1 is 1.13 bits per heavy atom. The molecule has 0 radical (unpaired) electrons. The Kier molecular flexibility index (Phi) is 4.02. The average molecular weight is 309 g/mol. The van der Waals surface area contributed by atoms with Crippen LogP contribution in [0.5, 0.6) is 0 Å². The monoisotopic (exact) mass is 309 g/mol. The molecule has 0 fully saturated rings. The minimum absolute atomic E-state index is 0.0754. The predicted octanol–water partition coefficient (Wildman–Crippen LogP) is 2.18. The second-order valence-corrected chi connectivity index (χ2v) is 5.68. The van der Waals surface area contributed by atoms with Crippen LogP contribution in [0.4, 0.5) is 11.4 Å². The van der Waals surface area contributed by atoms with E-state index in [1.807, 2.05) is 25.1 Å². The number of hydrogen-bond acceptors (Lipinski definition) is 3. The Balaban J connectivity index is 1.70. The summed E-state index contributed by atoms with van der Waals surface area (Å²) in [6.45, 7) is 2.74. The van der Waals surface area contributed by atoms with Crippen molar-refractivity contribution in [2.75, 3.05) is 16.8 Å². The van der Waals surface area contributed by atoms with Crippen molar-refractivity contribution >= 4 is 23.2 Å². The van der Waals surface area contributed by atoms with Gasteiger partial charge in [-0.25, -0.2) is 0 Å². The maximum Gasteiger partial charge on any atom is 0.248 e. The van der Waals surface area contributed by atoms with Gasteiger partial charge in [-0.3, -0.25) is 9.59 Å². The molecule has 0 saturated heterocycles. The third kappa shape index (κ3) is 3.04. The number of fused-ring (bicyclic) bond motifs is 1. The van der Waals surface area contributed by atoms with Gasteiger partial charge in [-0.05, 0) is 49.2 Å². The number of anilines is 2. The normalized spacial score (nSPS) is 14.2. The van der Waals surface area contributed by atoms with E-state index in [1.165, 1.54) is 5.56 Å². The number of primary amides is 1. The Bertz CT molecular complexity index is 740. The van der Waals surface area contributed by atoms with Gasteiger partial charge in [0.05, 0.1) is 0 Å². The number of amides is 2. The van der Waals surface area contributed by atoms with Crippen molar-refractivity contribution in [3.63, 3.8) is 0 Å². The Morgan fingerprint density at radius 3 is 2.52 bits per heavy atom. The molecule has 5 heteroatoms. The van der Waals surface area contributed by atoms with Crippen LogP contribution in [0.1, 0.15) is 22.8 Å². The fourth-order valence-corrected chi connectivity index (χ4v) is 2.87. The maximum atomic E-state index is 12.5. The van der Waals surface area contributed by atoms with Gasteiger partial charge < -0.3 is 16.0 Å². The van der Waals surface area contributed by atoms with Crippen LogP contribution >= 0.6 is 0 Å². The molecule has 0 bridgehead atoms. The van der Waals surface area contributed by atoms with Crippen molar-refractivity contribution in [3.05, 3.63) is 59.7 Å². The zero-order valence-electron chi connectivity index (χ0n) is 13.0. The SMILES string of the molecule is C[C@H](C(=O)Nc1ccc(C(N)=O)cc1)N1CCc2ccccc21. The third-order valence-corrected chi connectivity index (χ3v) is 4.21. The van der Waals surface area contributed by atoms with Crippen LogP contribution in [0.25, 0.3) is 0 Å². The minimum atomic E-state index is -0.482. The molecule has 0 spiro atoms. The molecule has 1 heterocycles. The summed E-state index contributed by atoms with van der Waals surface area (Å²) in [5.41, 5.74) is 8.68. The highest BCUT2D eigenvalue weighted by Crippen LogP contribution is 2.29. The predicted molar refractivity (Wildman–Crippen MR) is 90.5 cm³/mol. The zero-order valence-corrected chi connectivity index (χ0v) is 13.0. The van der Waals surface area contributed by atoms with Gasteiger partial charge in [0, 0.05) is 23.5 Å². The van der Waals surface area contributed by atoms with Crippen molar-refractivity contribution < 1.29 is 9.59 Å². The highest BCUT2D eigenvalue weighted by molar-refractivity contribution is 5.98. The Morgan fingerprint density at radius 2 is 1.83 bits per heavy atom. The molecule has 0 unspecified atom stereocenters. The molecule has 2 aromatic carbocycles. The number of para-hydroxylation sites is 1. The van der Waals surface area contributed by atoms with Crippen LogP contribution in [0.15, 0.2) is 48.5 Å². The number of nitrogens with zero attached hydrogens (tertiary/aromatic N) is 1. The second kappa shape index (κ2) is 6.12. The standard InChI is InChI=1S/C18H19N3O2/c1-12(21-11-10-13-4-2-3-5-16(13)21)18(23)20-15-8-6-14(7-9-15)17(19)22/h2-9,12H,10-11H2,1H3,(H2,19,22)(H,20,23)/t12-/m1/s1. The molecular formula is C18H19N3O2. The molecule has 0 aliphatic carbocycles. The molecule has 0 saturated carbocycles. The topological polar surface area (TPSA) is 75.4 Å². The van der Waals surface area contributed by atoms with Crippen molar-refractivity contribution in [1.29, 1.82) is 0 Å². The third-order valence-electron chi connectivity index (χ3n) is 4.21. The van der Waals surface area contributed by atoms with E-state index in [0.29, 0.717) is 11.3 Å². The number of benzene rings is 2. The van der Waals surface area contributed by atoms with E-state index in [4.69, 9.17) is 5.73 Å². The molecule has 2 amide bonds. The molecule has 5 nitrogen and oxygen atoms in total. The summed E-state index contributed by atoms with van der Waals surface area (Å²) in [6.07, 6.45) is 0.959. The van der Waals surface area contributed by atoms with E-state index in [2.05, 4.69) is 16.3 Å². The van der Waals surface area contributed by atoms with Gasteiger partial charge in [0.1, 0.15) is 6.04 Å².